The fourth-order valence-corrected chi connectivity index (χ4v) is 3.16. The van der Waals surface area contributed by atoms with E-state index in [0.29, 0.717) is 5.13 Å². The highest BCUT2D eigenvalue weighted by atomic mass is 35.5. The summed E-state index contributed by atoms with van der Waals surface area (Å²) in [4.78, 5) is 12.1. The number of rotatable bonds is 6. The highest BCUT2D eigenvalue weighted by Crippen LogP contribution is 2.29. The summed E-state index contributed by atoms with van der Waals surface area (Å²) < 4.78 is 0. The maximum Gasteiger partial charge on any atom is 0.246 e. The van der Waals surface area contributed by atoms with Gasteiger partial charge in [-0.25, -0.2) is 0 Å². The zero-order valence-electron chi connectivity index (χ0n) is 11.9. The number of carbonyl (C=O) groups excluding carboxylic acids is 1. The second kappa shape index (κ2) is 7.90. The molecule has 0 aromatic carbocycles. The number of nitrogens with zero attached hydrogens (tertiary/aromatic N) is 2. The quantitative estimate of drug-likeness (QED) is 0.790. The molecule has 1 fully saturated rings. The van der Waals surface area contributed by atoms with E-state index in [4.69, 9.17) is 5.73 Å². The number of unbranched alkanes of at least 4 members (excludes halogenated alkanes) is 2. The number of hydrogen-bond donors (Lipinski definition) is 2. The third-order valence-corrected chi connectivity index (χ3v) is 4.53. The van der Waals surface area contributed by atoms with Crippen LogP contribution in [-0.2, 0) is 11.2 Å². The predicted molar refractivity (Wildman–Crippen MR) is 84.4 cm³/mol. The van der Waals surface area contributed by atoms with Crippen molar-refractivity contribution in [2.75, 3.05) is 5.32 Å². The average molecular weight is 319 g/mol. The van der Waals surface area contributed by atoms with Gasteiger partial charge in [-0.3, -0.25) is 10.1 Å². The summed E-state index contributed by atoms with van der Waals surface area (Å²) in [5, 5.41) is 12.5. The van der Waals surface area contributed by atoms with E-state index in [0.717, 1.165) is 43.5 Å². The van der Waals surface area contributed by atoms with Crippen LogP contribution in [0, 0.1) is 0 Å². The lowest BCUT2D eigenvalue weighted by Crippen LogP contribution is -2.48. The number of halogens is 1. The molecule has 0 unspecified atom stereocenters. The standard InChI is InChI=1S/C13H22N4OS.ClH/c1-2-3-4-7-10-16-17-12(19-10)15-11(18)13(14)8-5-6-9-13;/h2-9,14H2,1H3,(H,15,17,18);1H. The van der Waals surface area contributed by atoms with E-state index >= 15 is 0 Å². The lowest BCUT2D eigenvalue weighted by molar-refractivity contribution is -0.121. The summed E-state index contributed by atoms with van der Waals surface area (Å²) in [5.74, 6) is -0.110. The van der Waals surface area contributed by atoms with Gasteiger partial charge in [0.15, 0.2) is 0 Å². The van der Waals surface area contributed by atoms with Gasteiger partial charge in [0.1, 0.15) is 5.01 Å². The lowest BCUT2D eigenvalue weighted by atomic mass is 9.98. The topological polar surface area (TPSA) is 80.9 Å². The van der Waals surface area contributed by atoms with Gasteiger partial charge in [-0.2, -0.15) is 0 Å². The lowest BCUT2D eigenvalue weighted by Gasteiger charge is -2.20. The maximum absolute atomic E-state index is 12.1. The number of anilines is 1. The number of hydrogen-bond acceptors (Lipinski definition) is 5. The van der Waals surface area contributed by atoms with Crippen molar-refractivity contribution in [1.29, 1.82) is 0 Å². The van der Waals surface area contributed by atoms with Gasteiger partial charge in [-0.05, 0) is 19.3 Å². The highest BCUT2D eigenvalue weighted by Gasteiger charge is 2.37. The van der Waals surface area contributed by atoms with E-state index in [-0.39, 0.29) is 18.3 Å². The molecule has 3 N–H and O–H groups in total. The van der Waals surface area contributed by atoms with Crippen molar-refractivity contribution in [3.05, 3.63) is 5.01 Å². The molecule has 2 rings (SSSR count). The molecule has 1 amide bonds. The molecule has 7 heteroatoms. The van der Waals surface area contributed by atoms with Crippen LogP contribution >= 0.6 is 23.7 Å². The second-order valence-electron chi connectivity index (χ2n) is 5.28. The van der Waals surface area contributed by atoms with Crippen molar-refractivity contribution in [3.63, 3.8) is 0 Å². The average Bonchev–Trinajstić information content (AvgIpc) is 3.00. The zero-order chi connectivity index (χ0) is 13.7. The number of aryl methyl sites for hydroxylation is 1. The van der Waals surface area contributed by atoms with Crippen LogP contribution in [0.15, 0.2) is 0 Å². The van der Waals surface area contributed by atoms with Gasteiger partial charge in [0.05, 0.1) is 5.54 Å². The molecule has 0 radical (unpaired) electrons. The molecule has 5 nitrogen and oxygen atoms in total. The molecule has 20 heavy (non-hydrogen) atoms. The van der Waals surface area contributed by atoms with Crippen molar-refractivity contribution in [1.82, 2.24) is 10.2 Å². The Balaban J connectivity index is 0.00000200. The summed E-state index contributed by atoms with van der Waals surface area (Å²) in [6.45, 7) is 2.17. The maximum atomic E-state index is 12.1. The Hall–Kier alpha value is -0.720. The Kier molecular flexibility index (Phi) is 6.85. The smallest absolute Gasteiger partial charge is 0.246 e. The van der Waals surface area contributed by atoms with Gasteiger partial charge in [-0.1, -0.05) is 43.9 Å². The number of nitrogens with two attached hydrogens (primary N) is 1. The van der Waals surface area contributed by atoms with E-state index in [1.54, 1.807) is 0 Å². The van der Waals surface area contributed by atoms with E-state index in [1.807, 2.05) is 0 Å². The Morgan fingerprint density at radius 2 is 2.05 bits per heavy atom. The first-order chi connectivity index (χ1) is 9.14. The second-order valence-corrected chi connectivity index (χ2v) is 6.34. The molecule has 0 atom stereocenters. The molecule has 0 spiro atoms. The first-order valence-corrected chi connectivity index (χ1v) is 7.88. The number of nitrogens with one attached hydrogen (secondary N) is 1. The summed E-state index contributed by atoms with van der Waals surface area (Å²) in [5.41, 5.74) is 5.40. The SMILES string of the molecule is CCCCCc1nnc(NC(=O)C2(N)CCCC2)s1.Cl. The number of aromatic nitrogens is 2. The molecule has 1 saturated carbocycles. The molecule has 0 bridgehead atoms. The minimum absolute atomic E-state index is 0. The van der Waals surface area contributed by atoms with E-state index < -0.39 is 5.54 Å². The first-order valence-electron chi connectivity index (χ1n) is 7.07. The predicted octanol–water partition coefficient (Wildman–Crippen LogP) is 2.90. The fourth-order valence-electron chi connectivity index (χ4n) is 2.39. The van der Waals surface area contributed by atoms with Crippen LogP contribution in [0.3, 0.4) is 0 Å². The first kappa shape index (κ1) is 17.3. The molecule has 1 heterocycles. The monoisotopic (exact) mass is 318 g/mol. The summed E-state index contributed by atoms with van der Waals surface area (Å²) in [7, 11) is 0. The Morgan fingerprint density at radius 3 is 2.70 bits per heavy atom. The molecule has 1 aliphatic rings. The molecule has 0 aliphatic heterocycles. The normalized spacial score (nSPS) is 16.7. The van der Waals surface area contributed by atoms with Gasteiger partial charge in [0.2, 0.25) is 11.0 Å². The van der Waals surface area contributed by atoms with Crippen LogP contribution in [0.2, 0.25) is 0 Å². The fraction of sp³-hybridized carbons (Fsp3) is 0.769. The van der Waals surface area contributed by atoms with Crippen molar-refractivity contribution in [2.45, 2.75) is 63.8 Å². The summed E-state index contributed by atoms with van der Waals surface area (Å²) in [6.07, 6.45) is 8.05. The van der Waals surface area contributed by atoms with Gasteiger partial charge in [0.25, 0.3) is 0 Å². The number of amides is 1. The molecular weight excluding hydrogens is 296 g/mol. The molecule has 1 aromatic rings. The van der Waals surface area contributed by atoms with Crippen LogP contribution in [0.5, 0.6) is 0 Å². The van der Waals surface area contributed by atoms with Crippen LogP contribution in [-0.4, -0.2) is 21.6 Å². The van der Waals surface area contributed by atoms with Crippen LogP contribution in [0.1, 0.15) is 56.9 Å². The largest absolute Gasteiger partial charge is 0.317 e. The molecule has 1 aliphatic carbocycles. The molecule has 0 saturated heterocycles. The van der Waals surface area contributed by atoms with Crippen LogP contribution < -0.4 is 11.1 Å². The van der Waals surface area contributed by atoms with Gasteiger partial charge < -0.3 is 5.73 Å². The third kappa shape index (κ3) is 4.40. The minimum Gasteiger partial charge on any atom is -0.317 e. The number of carbonyl (C=O) groups is 1. The van der Waals surface area contributed by atoms with Crippen molar-refractivity contribution in [3.8, 4) is 0 Å². The van der Waals surface area contributed by atoms with Gasteiger partial charge in [-0.15, -0.1) is 22.6 Å². The van der Waals surface area contributed by atoms with Crippen molar-refractivity contribution < 1.29 is 4.79 Å². The minimum atomic E-state index is -0.700. The van der Waals surface area contributed by atoms with Gasteiger partial charge in [0, 0.05) is 6.42 Å². The van der Waals surface area contributed by atoms with Crippen LogP contribution in [0.25, 0.3) is 0 Å². The van der Waals surface area contributed by atoms with Gasteiger partial charge >= 0.3 is 0 Å². The highest BCUT2D eigenvalue weighted by molar-refractivity contribution is 7.15. The van der Waals surface area contributed by atoms with Crippen molar-refractivity contribution in [2.24, 2.45) is 5.73 Å². The Labute approximate surface area is 130 Å². The van der Waals surface area contributed by atoms with Crippen molar-refractivity contribution >= 4 is 34.8 Å². The zero-order valence-corrected chi connectivity index (χ0v) is 13.5. The summed E-state index contributed by atoms with van der Waals surface area (Å²) in [6, 6.07) is 0. The van der Waals surface area contributed by atoms with E-state index in [1.165, 1.54) is 24.2 Å². The molecular formula is C13H23ClN4OS. The van der Waals surface area contributed by atoms with E-state index in [9.17, 15) is 4.79 Å². The molecule has 1 aromatic heterocycles. The Morgan fingerprint density at radius 1 is 1.35 bits per heavy atom. The summed E-state index contributed by atoms with van der Waals surface area (Å²) >= 11 is 1.46. The molecule has 114 valence electrons. The third-order valence-electron chi connectivity index (χ3n) is 3.63. The van der Waals surface area contributed by atoms with E-state index in [2.05, 4.69) is 22.4 Å². The Bertz CT molecular complexity index is 432. The van der Waals surface area contributed by atoms with Crippen LogP contribution in [0.4, 0.5) is 5.13 Å².